The largest absolute Gasteiger partial charge is 0.352 e. The van der Waals surface area contributed by atoms with Crippen molar-refractivity contribution in [3.05, 3.63) is 29.8 Å². The average molecular weight is 277 g/mol. The van der Waals surface area contributed by atoms with Crippen LogP contribution in [0.25, 0.3) is 0 Å². The molecule has 0 atom stereocenters. The standard InChI is InChI=1S/C15H23N3O2/c1-4-5-10-16-14(19)12-8-6-7-9-13(12)18-15(20)17-11(2)3/h6-9,11H,4-5,10H2,1-3H3,(H,16,19)(H2,17,18,20). The molecule has 0 unspecified atom stereocenters. The Hall–Kier alpha value is -2.04. The van der Waals surface area contributed by atoms with Crippen LogP contribution < -0.4 is 16.0 Å². The summed E-state index contributed by atoms with van der Waals surface area (Å²) in [6.45, 7) is 6.46. The average Bonchev–Trinajstić information content (AvgIpc) is 2.38. The minimum Gasteiger partial charge on any atom is -0.352 e. The van der Waals surface area contributed by atoms with Gasteiger partial charge in [-0.25, -0.2) is 4.79 Å². The fourth-order valence-corrected chi connectivity index (χ4v) is 1.68. The molecular weight excluding hydrogens is 254 g/mol. The van der Waals surface area contributed by atoms with Crippen molar-refractivity contribution >= 4 is 17.6 Å². The van der Waals surface area contributed by atoms with Crippen LogP contribution in [0.15, 0.2) is 24.3 Å². The summed E-state index contributed by atoms with van der Waals surface area (Å²) in [5.41, 5.74) is 0.988. The second-order valence-electron chi connectivity index (χ2n) is 4.91. The monoisotopic (exact) mass is 277 g/mol. The fourth-order valence-electron chi connectivity index (χ4n) is 1.68. The summed E-state index contributed by atoms with van der Waals surface area (Å²) in [4.78, 5) is 23.8. The second-order valence-corrected chi connectivity index (χ2v) is 4.91. The highest BCUT2D eigenvalue weighted by atomic mass is 16.2. The number of hydrogen-bond donors (Lipinski definition) is 3. The number of unbranched alkanes of at least 4 members (excludes halogenated alkanes) is 1. The molecule has 1 aromatic rings. The second kappa shape index (κ2) is 8.19. The molecule has 0 aliphatic heterocycles. The van der Waals surface area contributed by atoms with Gasteiger partial charge in [0.05, 0.1) is 11.3 Å². The molecule has 5 heteroatoms. The Bertz CT molecular complexity index is 458. The lowest BCUT2D eigenvalue weighted by Crippen LogP contribution is -2.35. The molecule has 0 radical (unpaired) electrons. The van der Waals surface area contributed by atoms with Crippen molar-refractivity contribution in [1.29, 1.82) is 0 Å². The predicted octanol–water partition coefficient (Wildman–Crippen LogP) is 2.75. The molecule has 1 aromatic carbocycles. The van der Waals surface area contributed by atoms with E-state index < -0.39 is 0 Å². The van der Waals surface area contributed by atoms with Gasteiger partial charge in [0.1, 0.15) is 0 Å². The van der Waals surface area contributed by atoms with Gasteiger partial charge >= 0.3 is 6.03 Å². The van der Waals surface area contributed by atoms with Gasteiger partial charge < -0.3 is 16.0 Å². The van der Waals surface area contributed by atoms with Crippen molar-refractivity contribution in [1.82, 2.24) is 10.6 Å². The van der Waals surface area contributed by atoms with Crippen LogP contribution in [0.1, 0.15) is 44.0 Å². The van der Waals surface area contributed by atoms with Gasteiger partial charge in [-0.05, 0) is 32.4 Å². The lowest BCUT2D eigenvalue weighted by Gasteiger charge is -2.13. The predicted molar refractivity (Wildman–Crippen MR) is 81.0 cm³/mol. The first-order valence-electron chi connectivity index (χ1n) is 6.99. The number of hydrogen-bond acceptors (Lipinski definition) is 2. The van der Waals surface area contributed by atoms with Gasteiger partial charge in [-0.2, -0.15) is 0 Å². The van der Waals surface area contributed by atoms with E-state index in [1.54, 1.807) is 24.3 Å². The van der Waals surface area contributed by atoms with Gasteiger partial charge in [0, 0.05) is 12.6 Å². The Balaban J connectivity index is 2.72. The molecule has 5 nitrogen and oxygen atoms in total. The van der Waals surface area contributed by atoms with Crippen molar-refractivity contribution < 1.29 is 9.59 Å². The van der Waals surface area contributed by atoms with E-state index in [1.807, 2.05) is 13.8 Å². The van der Waals surface area contributed by atoms with Crippen LogP contribution in [0, 0.1) is 0 Å². The van der Waals surface area contributed by atoms with Crippen LogP contribution in [0.2, 0.25) is 0 Å². The number of anilines is 1. The molecule has 0 saturated heterocycles. The molecular formula is C15H23N3O2. The van der Waals surface area contributed by atoms with E-state index in [9.17, 15) is 9.59 Å². The van der Waals surface area contributed by atoms with Gasteiger partial charge in [-0.3, -0.25) is 4.79 Å². The third-order valence-electron chi connectivity index (χ3n) is 2.66. The summed E-state index contributed by atoms with van der Waals surface area (Å²) in [5.74, 6) is -0.168. The number of rotatable bonds is 6. The third-order valence-corrected chi connectivity index (χ3v) is 2.66. The summed E-state index contributed by atoms with van der Waals surface area (Å²) in [5, 5.41) is 8.27. The number of benzene rings is 1. The van der Waals surface area contributed by atoms with Crippen LogP contribution in [0.5, 0.6) is 0 Å². The van der Waals surface area contributed by atoms with Crippen LogP contribution >= 0.6 is 0 Å². The summed E-state index contributed by atoms with van der Waals surface area (Å²) < 4.78 is 0. The topological polar surface area (TPSA) is 70.2 Å². The van der Waals surface area contributed by atoms with Crippen LogP contribution in [0.3, 0.4) is 0 Å². The van der Waals surface area contributed by atoms with E-state index in [-0.39, 0.29) is 18.0 Å². The zero-order valence-corrected chi connectivity index (χ0v) is 12.3. The maximum atomic E-state index is 12.1. The Morgan fingerprint density at radius 2 is 1.90 bits per heavy atom. The molecule has 1 rings (SSSR count). The molecule has 0 spiro atoms. The van der Waals surface area contributed by atoms with Gasteiger partial charge in [0.15, 0.2) is 0 Å². The van der Waals surface area contributed by atoms with Gasteiger partial charge in [-0.1, -0.05) is 25.5 Å². The maximum Gasteiger partial charge on any atom is 0.319 e. The molecule has 3 amide bonds. The number of para-hydroxylation sites is 1. The Labute approximate surface area is 120 Å². The lowest BCUT2D eigenvalue weighted by molar-refractivity contribution is 0.0954. The van der Waals surface area contributed by atoms with Crippen molar-refractivity contribution in [3.8, 4) is 0 Å². The minimum absolute atomic E-state index is 0.0422. The highest BCUT2D eigenvalue weighted by molar-refractivity contribution is 6.03. The van der Waals surface area contributed by atoms with Crippen molar-refractivity contribution in [2.45, 2.75) is 39.7 Å². The zero-order chi connectivity index (χ0) is 15.0. The number of urea groups is 1. The van der Waals surface area contributed by atoms with Crippen molar-refractivity contribution in [2.75, 3.05) is 11.9 Å². The summed E-state index contributed by atoms with van der Waals surface area (Å²) in [6.07, 6.45) is 1.96. The smallest absolute Gasteiger partial charge is 0.319 e. The highest BCUT2D eigenvalue weighted by Crippen LogP contribution is 2.14. The van der Waals surface area contributed by atoms with E-state index >= 15 is 0 Å². The number of amides is 3. The highest BCUT2D eigenvalue weighted by Gasteiger charge is 2.12. The van der Waals surface area contributed by atoms with Crippen LogP contribution in [-0.4, -0.2) is 24.5 Å². The quantitative estimate of drug-likeness (QED) is 0.700. The fraction of sp³-hybridized carbons (Fsp3) is 0.467. The van der Waals surface area contributed by atoms with Crippen LogP contribution in [-0.2, 0) is 0 Å². The summed E-state index contributed by atoms with van der Waals surface area (Å²) in [6, 6.07) is 6.71. The molecule has 3 N–H and O–H groups in total. The Morgan fingerprint density at radius 1 is 1.20 bits per heavy atom. The van der Waals surface area contributed by atoms with E-state index in [1.165, 1.54) is 0 Å². The Kier molecular flexibility index (Phi) is 6.56. The van der Waals surface area contributed by atoms with Gasteiger partial charge in [0.25, 0.3) is 5.91 Å². The third kappa shape index (κ3) is 5.30. The van der Waals surface area contributed by atoms with E-state index in [0.717, 1.165) is 12.8 Å². The van der Waals surface area contributed by atoms with Crippen molar-refractivity contribution in [3.63, 3.8) is 0 Å². The number of nitrogens with one attached hydrogen (secondary N) is 3. The van der Waals surface area contributed by atoms with Gasteiger partial charge in [0.2, 0.25) is 0 Å². The van der Waals surface area contributed by atoms with E-state index in [2.05, 4.69) is 22.9 Å². The van der Waals surface area contributed by atoms with Crippen molar-refractivity contribution in [2.24, 2.45) is 0 Å². The summed E-state index contributed by atoms with van der Waals surface area (Å²) >= 11 is 0. The normalized spacial score (nSPS) is 10.2. The van der Waals surface area contributed by atoms with Crippen LogP contribution in [0.4, 0.5) is 10.5 Å². The first-order chi connectivity index (χ1) is 9.54. The number of carbonyl (C=O) groups excluding carboxylic acids is 2. The van der Waals surface area contributed by atoms with Gasteiger partial charge in [-0.15, -0.1) is 0 Å². The molecule has 0 aromatic heterocycles. The SMILES string of the molecule is CCCCNC(=O)c1ccccc1NC(=O)NC(C)C. The number of carbonyl (C=O) groups is 2. The molecule has 20 heavy (non-hydrogen) atoms. The minimum atomic E-state index is -0.311. The first-order valence-corrected chi connectivity index (χ1v) is 6.99. The Morgan fingerprint density at radius 3 is 2.55 bits per heavy atom. The molecule has 0 aliphatic carbocycles. The lowest BCUT2D eigenvalue weighted by atomic mass is 10.1. The molecule has 0 fully saturated rings. The molecule has 110 valence electrons. The van der Waals surface area contributed by atoms with E-state index in [4.69, 9.17) is 0 Å². The molecule has 0 aliphatic rings. The maximum absolute atomic E-state index is 12.1. The molecule has 0 saturated carbocycles. The first kappa shape index (κ1) is 16.0. The zero-order valence-electron chi connectivity index (χ0n) is 12.3. The van der Waals surface area contributed by atoms with E-state index in [0.29, 0.717) is 17.8 Å². The molecule has 0 bridgehead atoms. The summed E-state index contributed by atoms with van der Waals surface area (Å²) in [7, 11) is 0. The molecule has 0 heterocycles.